The first-order valence-electron chi connectivity index (χ1n) is 11.6. The summed E-state index contributed by atoms with van der Waals surface area (Å²) in [5.41, 5.74) is 2.22. The lowest BCUT2D eigenvalue weighted by atomic mass is 9.93. The normalized spacial score (nSPS) is 17.1. The first-order chi connectivity index (χ1) is 17.4. The van der Waals surface area contributed by atoms with E-state index in [-0.39, 0.29) is 17.4 Å². The highest BCUT2D eigenvalue weighted by Crippen LogP contribution is 2.52. The molecule has 37 heavy (non-hydrogen) atoms. The summed E-state index contributed by atoms with van der Waals surface area (Å²) in [6.45, 7) is 0.577. The maximum Gasteiger partial charge on any atom is 0.264 e. The molecule has 7 nitrogen and oxygen atoms in total. The monoisotopic (exact) mass is 709 g/mol. The number of benzene rings is 2. The Kier molecular flexibility index (Phi) is 9.59. The van der Waals surface area contributed by atoms with Gasteiger partial charge < -0.3 is 4.55 Å². The van der Waals surface area contributed by atoms with Gasteiger partial charge in [0.15, 0.2) is 6.54 Å². The molecule has 13 heteroatoms. The number of hydrogen-bond acceptors (Lipinski definition) is 7. The highest BCUT2D eigenvalue weighted by molar-refractivity contribution is 9.10. The Bertz CT molecular complexity index is 1550. The van der Waals surface area contributed by atoms with E-state index in [0.29, 0.717) is 32.2 Å². The molecule has 3 aromatic rings. The summed E-state index contributed by atoms with van der Waals surface area (Å²) < 4.78 is 69.8. The van der Waals surface area contributed by atoms with E-state index in [1.807, 2.05) is 24.3 Å². The first-order valence-corrected chi connectivity index (χ1v) is 18.0. The zero-order valence-electron chi connectivity index (χ0n) is 19.6. The van der Waals surface area contributed by atoms with Gasteiger partial charge in [-0.2, -0.15) is 13.0 Å². The van der Waals surface area contributed by atoms with E-state index < -0.39 is 20.2 Å². The van der Waals surface area contributed by atoms with Gasteiger partial charge >= 0.3 is 0 Å². The molecule has 0 bridgehead atoms. The number of thiazole rings is 1. The van der Waals surface area contributed by atoms with Crippen LogP contribution in [0.1, 0.15) is 48.6 Å². The van der Waals surface area contributed by atoms with E-state index in [0.717, 1.165) is 40.4 Å². The molecular weight excluding hydrogens is 686 g/mol. The van der Waals surface area contributed by atoms with Gasteiger partial charge in [0.1, 0.15) is 4.70 Å². The molecule has 1 aromatic heterocycles. The molecule has 0 radical (unpaired) electrons. The Balaban J connectivity index is 1.66. The fourth-order valence-electron chi connectivity index (χ4n) is 4.38. The van der Waals surface area contributed by atoms with E-state index in [1.165, 1.54) is 5.56 Å². The SMILES string of the molecule is O=S(=O)([O-])CCCC[n+]1c(C=C2Sc3ccc(Br)cc3C2CCCCS(=O)(=O)O)sc2ccc(Br)cc21. The Morgan fingerprint density at radius 2 is 1.68 bits per heavy atom. The molecule has 1 aliphatic heterocycles. The van der Waals surface area contributed by atoms with Crippen LogP contribution in [0.2, 0.25) is 0 Å². The minimum absolute atomic E-state index is 0.0925. The highest BCUT2D eigenvalue weighted by atomic mass is 79.9. The zero-order chi connectivity index (χ0) is 26.8. The van der Waals surface area contributed by atoms with Crippen LogP contribution in [0, 0.1) is 0 Å². The largest absolute Gasteiger partial charge is 0.748 e. The summed E-state index contributed by atoms with van der Waals surface area (Å²) >= 11 is 10.5. The van der Waals surface area contributed by atoms with Crippen molar-refractivity contribution in [3.05, 3.63) is 60.8 Å². The van der Waals surface area contributed by atoms with Gasteiger partial charge in [0, 0.05) is 49.0 Å². The third-order valence-electron chi connectivity index (χ3n) is 6.05. The van der Waals surface area contributed by atoms with Crippen LogP contribution in [0.15, 0.2) is 55.1 Å². The average molecular weight is 712 g/mol. The van der Waals surface area contributed by atoms with Crippen LogP contribution >= 0.6 is 55.0 Å². The number of aryl methyl sites for hydroxylation is 1. The summed E-state index contributed by atoms with van der Waals surface area (Å²) in [6.07, 6.45) is 4.81. The molecule has 1 atom stereocenters. The molecule has 0 amide bonds. The Hall–Kier alpha value is -0.800. The number of aromatic nitrogens is 1. The van der Waals surface area contributed by atoms with Gasteiger partial charge in [-0.15, -0.1) is 0 Å². The second-order valence-corrected chi connectivity index (χ2v) is 15.9. The van der Waals surface area contributed by atoms with E-state index in [4.69, 9.17) is 4.55 Å². The zero-order valence-corrected chi connectivity index (χ0v) is 26.0. The van der Waals surface area contributed by atoms with Crippen LogP contribution in [0.3, 0.4) is 0 Å². The molecule has 1 aliphatic rings. The second kappa shape index (κ2) is 12.2. The molecule has 200 valence electrons. The Morgan fingerprint density at radius 3 is 2.41 bits per heavy atom. The van der Waals surface area contributed by atoms with Crippen molar-refractivity contribution in [2.75, 3.05) is 11.5 Å². The lowest BCUT2D eigenvalue weighted by Crippen LogP contribution is -2.35. The summed E-state index contributed by atoms with van der Waals surface area (Å²) in [5.74, 6) is -0.530. The minimum Gasteiger partial charge on any atom is -0.748 e. The lowest BCUT2D eigenvalue weighted by Gasteiger charge is -2.13. The minimum atomic E-state index is -4.24. The molecule has 0 saturated heterocycles. The summed E-state index contributed by atoms with van der Waals surface area (Å²) in [7, 11) is -8.23. The second-order valence-electron chi connectivity index (χ2n) is 8.84. The summed E-state index contributed by atoms with van der Waals surface area (Å²) in [5, 5.41) is 1.02. The van der Waals surface area contributed by atoms with Crippen molar-refractivity contribution in [1.29, 1.82) is 0 Å². The number of halogens is 2. The number of fused-ring (bicyclic) bond motifs is 2. The van der Waals surface area contributed by atoms with Crippen molar-refractivity contribution in [3.63, 3.8) is 0 Å². The molecule has 0 aliphatic carbocycles. The molecular formula is C24H25Br2NO6S4. The predicted octanol–water partition coefficient (Wildman–Crippen LogP) is 6.33. The van der Waals surface area contributed by atoms with Crippen LogP contribution in [0.25, 0.3) is 16.3 Å². The van der Waals surface area contributed by atoms with Crippen LogP contribution in [-0.2, 0) is 26.8 Å². The fourth-order valence-corrected chi connectivity index (χ4v) is 8.70. The number of unbranched alkanes of at least 4 members (excludes halogenated alkanes) is 2. The molecule has 1 unspecified atom stereocenters. The maximum atomic E-state index is 11.2. The predicted molar refractivity (Wildman–Crippen MR) is 155 cm³/mol. The topological polar surface area (TPSA) is 115 Å². The number of thioether (sulfide) groups is 1. The van der Waals surface area contributed by atoms with Crippen molar-refractivity contribution in [3.8, 4) is 0 Å². The van der Waals surface area contributed by atoms with Crippen LogP contribution < -0.4 is 4.57 Å². The molecule has 2 aromatic carbocycles. The molecule has 0 saturated carbocycles. The maximum absolute atomic E-state index is 11.2. The molecule has 1 N–H and O–H groups in total. The first kappa shape index (κ1) is 29.2. The molecule has 0 spiro atoms. The molecule has 2 heterocycles. The van der Waals surface area contributed by atoms with Gasteiger partial charge in [0.05, 0.1) is 15.9 Å². The third kappa shape index (κ3) is 8.10. The third-order valence-corrected chi connectivity index (χ3v) is 11.0. The number of nitrogens with zero attached hydrogens (tertiary/aromatic N) is 1. The van der Waals surface area contributed by atoms with Gasteiger partial charge in [-0.3, -0.25) is 4.55 Å². The van der Waals surface area contributed by atoms with Crippen LogP contribution in [0.5, 0.6) is 0 Å². The van der Waals surface area contributed by atoms with Gasteiger partial charge in [0.25, 0.3) is 15.1 Å². The quantitative estimate of drug-likeness (QED) is 0.141. The van der Waals surface area contributed by atoms with Gasteiger partial charge in [0.2, 0.25) is 5.52 Å². The summed E-state index contributed by atoms with van der Waals surface area (Å²) in [6, 6.07) is 12.3. The van der Waals surface area contributed by atoms with Crippen LogP contribution in [0.4, 0.5) is 0 Å². The Labute approximate surface area is 242 Å². The number of allylic oxidation sites excluding steroid dienone is 1. The summed E-state index contributed by atoms with van der Waals surface area (Å²) in [4.78, 5) is 2.31. The smallest absolute Gasteiger partial charge is 0.264 e. The Morgan fingerprint density at radius 1 is 0.973 bits per heavy atom. The average Bonchev–Trinajstić information content (AvgIpc) is 3.30. The van der Waals surface area contributed by atoms with Gasteiger partial charge in [-0.05, 0) is 55.2 Å². The van der Waals surface area contributed by atoms with E-state index in [2.05, 4.69) is 54.6 Å². The molecule has 4 rings (SSSR count). The fraction of sp³-hybridized carbons (Fsp3) is 0.375. The number of rotatable bonds is 11. The molecule has 0 fully saturated rings. The van der Waals surface area contributed by atoms with Gasteiger partial charge in [-0.1, -0.05) is 61.4 Å². The highest BCUT2D eigenvalue weighted by Gasteiger charge is 2.30. The van der Waals surface area contributed by atoms with Crippen molar-refractivity contribution < 1.29 is 30.5 Å². The lowest BCUT2D eigenvalue weighted by molar-refractivity contribution is -0.669. The van der Waals surface area contributed by atoms with E-state index >= 15 is 0 Å². The van der Waals surface area contributed by atoms with Crippen molar-refractivity contribution in [2.24, 2.45) is 0 Å². The van der Waals surface area contributed by atoms with E-state index in [1.54, 1.807) is 23.1 Å². The van der Waals surface area contributed by atoms with Gasteiger partial charge in [-0.25, -0.2) is 8.42 Å². The number of hydrogen-bond donors (Lipinski definition) is 1. The standard InChI is InChI=1S/C24H25Br2NO6S4/c25-16-6-8-21-19(13-16)18(5-1-3-11-36(28,29)30)23(34-21)15-24-27(10-2-4-12-37(31,32)33)20-14-17(26)7-9-22(20)35-24/h6-9,13-15,18H,1-5,10-12H2,(H-,28,29,30,31,32,33). The van der Waals surface area contributed by atoms with Crippen molar-refractivity contribution >= 4 is 91.5 Å². The van der Waals surface area contributed by atoms with Crippen molar-refractivity contribution in [2.45, 2.75) is 49.5 Å². The van der Waals surface area contributed by atoms with Crippen LogP contribution in [-0.4, -0.2) is 37.4 Å². The van der Waals surface area contributed by atoms with E-state index in [9.17, 15) is 21.4 Å². The van der Waals surface area contributed by atoms with Crippen molar-refractivity contribution in [1.82, 2.24) is 0 Å².